The largest absolute Gasteiger partial charge is 0.462 e. The number of hydrogen-bond acceptors (Lipinski definition) is 2. The average Bonchev–Trinajstić information content (AvgIpc) is 2.27. The van der Waals surface area contributed by atoms with Crippen molar-refractivity contribution in [2.45, 2.75) is 51.7 Å². The lowest BCUT2D eigenvalue weighted by Crippen LogP contribution is -2.24. The van der Waals surface area contributed by atoms with E-state index in [-0.39, 0.29) is 5.97 Å². The van der Waals surface area contributed by atoms with Crippen LogP contribution in [0.4, 0.5) is 0 Å². The summed E-state index contributed by atoms with van der Waals surface area (Å²) in [6.45, 7) is 10.0. The molecule has 0 atom stereocenters. The van der Waals surface area contributed by atoms with Crippen molar-refractivity contribution < 1.29 is 9.53 Å². The molecule has 0 saturated heterocycles. The quantitative estimate of drug-likeness (QED) is 0.216. The van der Waals surface area contributed by atoms with E-state index in [0.717, 1.165) is 31.0 Å². The number of carbonyl (C=O) groups excluding carboxylic acids is 1. The van der Waals surface area contributed by atoms with E-state index in [0.29, 0.717) is 12.2 Å². The van der Waals surface area contributed by atoms with Gasteiger partial charge in [0.2, 0.25) is 0 Å². The second kappa shape index (κ2) is 7.90. The molecule has 0 aromatic carbocycles. The molecule has 0 aliphatic heterocycles. The molecule has 0 unspecified atom stereocenters. The molecule has 0 N–H and O–H groups in total. The van der Waals surface area contributed by atoms with Gasteiger partial charge in [-0.15, -0.1) is 0 Å². The minimum absolute atomic E-state index is 0.291. The zero-order valence-electron chi connectivity index (χ0n) is 10.6. The van der Waals surface area contributed by atoms with Crippen LogP contribution >= 0.6 is 11.1 Å². The summed E-state index contributed by atoms with van der Waals surface area (Å²) in [6, 6.07) is 3.36. The summed E-state index contributed by atoms with van der Waals surface area (Å²) in [5.74, 6) is -0.291. The maximum atomic E-state index is 11.1. The molecule has 94 valence electrons. The number of hydrogen-bond donors (Lipinski definition) is 0. The van der Waals surface area contributed by atoms with Crippen LogP contribution in [0, 0.1) is 0 Å². The Bertz CT molecular complexity index is 237. The van der Waals surface area contributed by atoms with Gasteiger partial charge in [0.05, 0.1) is 6.61 Å². The minimum atomic E-state index is -1.48. The molecule has 2 nitrogen and oxygen atoms in total. The molecule has 0 rings (SSSR count). The van der Waals surface area contributed by atoms with Crippen LogP contribution in [0.5, 0.6) is 0 Å². The molecular weight excluding hydrogens is 240 g/mol. The SMILES string of the molecule is C=C(C)C(=O)OCCCC[Si](Cl)(CC)CC. The summed E-state index contributed by atoms with van der Waals surface area (Å²) in [7, 11) is -1.48. The summed E-state index contributed by atoms with van der Waals surface area (Å²) in [5.41, 5.74) is 0.461. The van der Waals surface area contributed by atoms with Crippen molar-refractivity contribution >= 4 is 24.4 Å². The van der Waals surface area contributed by atoms with Gasteiger partial charge in [-0.3, -0.25) is 0 Å². The van der Waals surface area contributed by atoms with Crippen LogP contribution in [0.2, 0.25) is 18.1 Å². The molecule has 0 heterocycles. The predicted octanol–water partition coefficient (Wildman–Crippen LogP) is 4.11. The monoisotopic (exact) mass is 262 g/mol. The summed E-state index contributed by atoms with van der Waals surface area (Å²) in [5, 5.41) is 0. The van der Waals surface area contributed by atoms with Gasteiger partial charge in [-0.1, -0.05) is 26.8 Å². The third-order valence-electron chi connectivity index (χ3n) is 2.87. The Morgan fingerprint density at radius 1 is 1.31 bits per heavy atom. The van der Waals surface area contributed by atoms with Crippen LogP contribution in [0.1, 0.15) is 33.6 Å². The molecule has 4 heteroatoms. The highest BCUT2D eigenvalue weighted by atomic mass is 35.6. The standard InChI is InChI=1S/C12H23ClO2Si/c1-5-16(13,6-2)10-8-7-9-15-12(14)11(3)4/h3,5-10H2,1-2,4H3. The minimum Gasteiger partial charge on any atom is -0.462 e. The first-order valence-electron chi connectivity index (χ1n) is 5.96. The lowest BCUT2D eigenvalue weighted by atomic mass is 10.3. The van der Waals surface area contributed by atoms with Crippen molar-refractivity contribution in [1.82, 2.24) is 0 Å². The van der Waals surface area contributed by atoms with E-state index >= 15 is 0 Å². The van der Waals surface area contributed by atoms with E-state index in [1.54, 1.807) is 6.92 Å². The summed E-state index contributed by atoms with van der Waals surface area (Å²) in [4.78, 5) is 11.1. The van der Waals surface area contributed by atoms with Crippen LogP contribution < -0.4 is 0 Å². The second-order valence-corrected chi connectivity index (χ2v) is 10.9. The Morgan fingerprint density at radius 2 is 1.88 bits per heavy atom. The Labute approximate surface area is 105 Å². The summed E-state index contributed by atoms with van der Waals surface area (Å²) < 4.78 is 5.02. The van der Waals surface area contributed by atoms with E-state index in [1.807, 2.05) is 0 Å². The topological polar surface area (TPSA) is 26.3 Å². The number of rotatable bonds is 8. The lowest BCUT2D eigenvalue weighted by molar-refractivity contribution is -0.139. The lowest BCUT2D eigenvalue weighted by Gasteiger charge is -2.20. The Balaban J connectivity index is 3.61. The molecular formula is C12H23ClO2Si. The molecule has 0 fully saturated rings. The molecule has 0 aromatic rings. The van der Waals surface area contributed by atoms with E-state index in [1.165, 1.54) is 0 Å². The van der Waals surface area contributed by atoms with Crippen molar-refractivity contribution in [1.29, 1.82) is 0 Å². The van der Waals surface area contributed by atoms with Gasteiger partial charge in [-0.2, -0.15) is 11.1 Å². The fourth-order valence-electron chi connectivity index (χ4n) is 1.44. The van der Waals surface area contributed by atoms with E-state index in [9.17, 15) is 4.79 Å². The van der Waals surface area contributed by atoms with Gasteiger partial charge in [0.1, 0.15) is 0 Å². The van der Waals surface area contributed by atoms with E-state index < -0.39 is 7.38 Å². The molecule has 0 saturated carbocycles. The van der Waals surface area contributed by atoms with Crippen molar-refractivity contribution in [3.63, 3.8) is 0 Å². The molecule has 0 aliphatic rings. The average molecular weight is 263 g/mol. The second-order valence-electron chi connectivity index (χ2n) is 4.23. The molecule has 16 heavy (non-hydrogen) atoms. The highest BCUT2D eigenvalue weighted by Crippen LogP contribution is 2.27. The molecule has 0 spiro atoms. The Morgan fingerprint density at radius 3 is 2.31 bits per heavy atom. The number of esters is 1. The van der Waals surface area contributed by atoms with Crippen LogP contribution in [-0.2, 0) is 9.53 Å². The zero-order valence-corrected chi connectivity index (χ0v) is 12.4. The fraction of sp³-hybridized carbons (Fsp3) is 0.750. The third-order valence-corrected chi connectivity index (χ3v) is 8.82. The number of halogens is 1. The van der Waals surface area contributed by atoms with E-state index in [2.05, 4.69) is 20.4 Å². The first-order chi connectivity index (χ1) is 7.45. The van der Waals surface area contributed by atoms with Gasteiger partial charge in [0.15, 0.2) is 7.38 Å². The fourth-order valence-corrected chi connectivity index (χ4v) is 3.93. The van der Waals surface area contributed by atoms with Crippen molar-refractivity contribution in [2.24, 2.45) is 0 Å². The van der Waals surface area contributed by atoms with Crippen LogP contribution in [-0.4, -0.2) is 20.0 Å². The number of ether oxygens (including phenoxy) is 1. The molecule has 0 aliphatic carbocycles. The maximum Gasteiger partial charge on any atom is 0.333 e. The van der Waals surface area contributed by atoms with Gasteiger partial charge < -0.3 is 4.74 Å². The number of unbranched alkanes of at least 4 members (excludes halogenated alkanes) is 1. The summed E-state index contributed by atoms with van der Waals surface area (Å²) in [6.07, 6.45) is 1.96. The first-order valence-corrected chi connectivity index (χ1v) is 9.60. The maximum absolute atomic E-state index is 11.1. The predicted molar refractivity (Wildman–Crippen MR) is 72.4 cm³/mol. The highest BCUT2D eigenvalue weighted by molar-refractivity contribution is 7.20. The van der Waals surface area contributed by atoms with Gasteiger partial charge >= 0.3 is 5.97 Å². The van der Waals surface area contributed by atoms with Gasteiger partial charge in [-0.25, -0.2) is 4.79 Å². The molecule has 0 bridgehead atoms. The van der Waals surface area contributed by atoms with Gasteiger partial charge in [-0.05, 0) is 31.5 Å². The molecule has 0 radical (unpaired) electrons. The Kier molecular flexibility index (Phi) is 7.76. The van der Waals surface area contributed by atoms with Gasteiger partial charge in [0, 0.05) is 5.57 Å². The van der Waals surface area contributed by atoms with Crippen LogP contribution in [0.15, 0.2) is 12.2 Å². The normalized spacial score (nSPS) is 11.2. The van der Waals surface area contributed by atoms with Gasteiger partial charge in [0.25, 0.3) is 0 Å². The zero-order chi connectivity index (χ0) is 12.6. The Hall–Kier alpha value is -0.283. The van der Waals surface area contributed by atoms with E-state index in [4.69, 9.17) is 15.8 Å². The molecule has 0 amide bonds. The molecule has 0 aromatic heterocycles. The third kappa shape index (κ3) is 6.33. The van der Waals surface area contributed by atoms with Crippen LogP contribution in [0.25, 0.3) is 0 Å². The smallest absolute Gasteiger partial charge is 0.333 e. The van der Waals surface area contributed by atoms with Crippen LogP contribution in [0.3, 0.4) is 0 Å². The van der Waals surface area contributed by atoms with Crippen molar-refractivity contribution in [3.8, 4) is 0 Å². The first kappa shape index (κ1) is 15.7. The highest BCUT2D eigenvalue weighted by Gasteiger charge is 2.25. The number of carbonyl (C=O) groups is 1. The van der Waals surface area contributed by atoms with Crippen molar-refractivity contribution in [3.05, 3.63) is 12.2 Å². The summed E-state index contributed by atoms with van der Waals surface area (Å²) >= 11 is 6.52. The van der Waals surface area contributed by atoms with Crippen molar-refractivity contribution in [2.75, 3.05) is 6.61 Å².